The van der Waals surface area contributed by atoms with Gasteiger partial charge in [-0.05, 0) is 12.5 Å². The molecule has 6 nitrogen and oxygen atoms in total. The Balaban J connectivity index is 1.87. The molecule has 19 heavy (non-hydrogen) atoms. The fourth-order valence-electron chi connectivity index (χ4n) is 1.89. The van der Waals surface area contributed by atoms with Crippen molar-refractivity contribution in [2.24, 2.45) is 0 Å². The summed E-state index contributed by atoms with van der Waals surface area (Å²) >= 11 is 0. The van der Waals surface area contributed by atoms with E-state index in [9.17, 15) is 17.6 Å². The molecule has 1 aromatic heterocycles. The first-order valence-corrected chi connectivity index (χ1v) is 7.47. The third-order valence-electron chi connectivity index (χ3n) is 2.87. The number of sulfonamides is 1. The van der Waals surface area contributed by atoms with Gasteiger partial charge in [-0.2, -0.15) is 0 Å². The number of pyridine rings is 1. The SMILES string of the molecule is O=C(NCCN1CCCS1(=O)=O)c1ccncc1F. The Hall–Kier alpha value is -1.54. The average Bonchev–Trinajstić information content (AvgIpc) is 2.69. The van der Waals surface area contributed by atoms with Gasteiger partial charge >= 0.3 is 0 Å². The summed E-state index contributed by atoms with van der Waals surface area (Å²) in [6.45, 7) is 0.836. The van der Waals surface area contributed by atoms with Crippen molar-refractivity contribution in [2.45, 2.75) is 6.42 Å². The molecular weight excluding hydrogens is 273 g/mol. The van der Waals surface area contributed by atoms with Gasteiger partial charge in [0.25, 0.3) is 5.91 Å². The van der Waals surface area contributed by atoms with Crippen molar-refractivity contribution >= 4 is 15.9 Å². The molecule has 1 saturated heterocycles. The van der Waals surface area contributed by atoms with E-state index < -0.39 is 21.7 Å². The van der Waals surface area contributed by atoms with Crippen molar-refractivity contribution < 1.29 is 17.6 Å². The van der Waals surface area contributed by atoms with E-state index in [1.165, 1.54) is 16.6 Å². The second-order valence-electron chi connectivity index (χ2n) is 4.18. The molecule has 1 N–H and O–H groups in total. The van der Waals surface area contributed by atoms with Crippen LogP contribution >= 0.6 is 0 Å². The van der Waals surface area contributed by atoms with Gasteiger partial charge in [0.05, 0.1) is 17.5 Å². The maximum absolute atomic E-state index is 13.3. The number of nitrogens with one attached hydrogen (secondary N) is 1. The number of hydrogen-bond donors (Lipinski definition) is 1. The lowest BCUT2D eigenvalue weighted by Gasteiger charge is -2.14. The zero-order valence-corrected chi connectivity index (χ0v) is 11.0. The van der Waals surface area contributed by atoms with Crippen molar-refractivity contribution in [2.75, 3.05) is 25.4 Å². The Kier molecular flexibility index (Phi) is 4.11. The Labute approximate surface area is 110 Å². The van der Waals surface area contributed by atoms with Crippen LogP contribution in [-0.4, -0.2) is 49.0 Å². The van der Waals surface area contributed by atoms with E-state index in [1.807, 2.05) is 0 Å². The summed E-state index contributed by atoms with van der Waals surface area (Å²) in [7, 11) is -3.16. The highest BCUT2D eigenvalue weighted by atomic mass is 32.2. The van der Waals surface area contributed by atoms with Crippen LogP contribution in [0.2, 0.25) is 0 Å². The van der Waals surface area contributed by atoms with Gasteiger partial charge < -0.3 is 5.32 Å². The maximum atomic E-state index is 13.3. The van der Waals surface area contributed by atoms with Crippen LogP contribution in [0, 0.1) is 5.82 Å². The lowest BCUT2D eigenvalue weighted by atomic mass is 10.2. The first-order valence-electron chi connectivity index (χ1n) is 5.86. The normalized spacial score (nSPS) is 18.4. The number of aromatic nitrogens is 1. The first kappa shape index (κ1) is 13.9. The number of carbonyl (C=O) groups excluding carboxylic acids is 1. The molecule has 0 spiro atoms. The topological polar surface area (TPSA) is 79.4 Å². The lowest BCUT2D eigenvalue weighted by Crippen LogP contribution is -2.36. The third kappa shape index (κ3) is 3.27. The molecule has 2 heterocycles. The van der Waals surface area contributed by atoms with Crippen molar-refractivity contribution in [3.05, 3.63) is 29.8 Å². The molecule has 1 aromatic rings. The molecular formula is C11H14FN3O3S. The Morgan fingerprint density at radius 3 is 2.95 bits per heavy atom. The van der Waals surface area contributed by atoms with Crippen LogP contribution in [-0.2, 0) is 10.0 Å². The van der Waals surface area contributed by atoms with E-state index in [0.717, 1.165) is 6.20 Å². The molecule has 1 amide bonds. The summed E-state index contributed by atoms with van der Waals surface area (Å²) in [5, 5.41) is 2.49. The highest BCUT2D eigenvalue weighted by molar-refractivity contribution is 7.89. The summed E-state index contributed by atoms with van der Waals surface area (Å²) in [4.78, 5) is 15.2. The van der Waals surface area contributed by atoms with Gasteiger partial charge in [-0.25, -0.2) is 17.1 Å². The van der Waals surface area contributed by atoms with E-state index in [2.05, 4.69) is 10.3 Å². The molecule has 8 heteroatoms. The van der Waals surface area contributed by atoms with Crippen LogP contribution in [0.5, 0.6) is 0 Å². The van der Waals surface area contributed by atoms with Crippen LogP contribution in [0.1, 0.15) is 16.8 Å². The minimum Gasteiger partial charge on any atom is -0.351 e. The van der Waals surface area contributed by atoms with Gasteiger partial charge in [-0.3, -0.25) is 9.78 Å². The molecule has 0 radical (unpaired) electrons. The monoisotopic (exact) mass is 287 g/mol. The Morgan fingerprint density at radius 1 is 1.53 bits per heavy atom. The molecule has 1 aliphatic heterocycles. The quantitative estimate of drug-likeness (QED) is 0.844. The number of hydrogen-bond acceptors (Lipinski definition) is 4. The van der Waals surface area contributed by atoms with Crippen molar-refractivity contribution in [1.82, 2.24) is 14.6 Å². The minimum absolute atomic E-state index is 0.0979. The van der Waals surface area contributed by atoms with E-state index in [0.29, 0.717) is 13.0 Å². The second kappa shape index (κ2) is 5.62. The summed E-state index contributed by atoms with van der Waals surface area (Å²) in [5.74, 6) is -1.12. The highest BCUT2D eigenvalue weighted by Crippen LogP contribution is 2.12. The average molecular weight is 287 g/mol. The number of rotatable bonds is 4. The number of carbonyl (C=O) groups is 1. The number of nitrogens with zero attached hydrogens (tertiary/aromatic N) is 2. The van der Waals surface area contributed by atoms with E-state index >= 15 is 0 Å². The predicted octanol–water partition coefficient (Wildman–Crippen LogP) is -0.0140. The molecule has 0 bridgehead atoms. The highest BCUT2D eigenvalue weighted by Gasteiger charge is 2.27. The van der Waals surface area contributed by atoms with Crippen LogP contribution < -0.4 is 5.32 Å². The third-order valence-corrected chi connectivity index (χ3v) is 4.82. The lowest BCUT2D eigenvalue weighted by molar-refractivity contribution is 0.0947. The van der Waals surface area contributed by atoms with Gasteiger partial charge in [0.2, 0.25) is 10.0 Å². The molecule has 0 atom stereocenters. The summed E-state index contributed by atoms with van der Waals surface area (Å²) in [6.07, 6.45) is 2.89. The summed E-state index contributed by atoms with van der Waals surface area (Å²) in [6, 6.07) is 1.28. The van der Waals surface area contributed by atoms with Crippen LogP contribution in [0.4, 0.5) is 4.39 Å². The van der Waals surface area contributed by atoms with Crippen LogP contribution in [0.25, 0.3) is 0 Å². The Morgan fingerprint density at radius 2 is 2.32 bits per heavy atom. The summed E-state index contributed by atoms with van der Waals surface area (Å²) in [5.41, 5.74) is -0.0979. The van der Waals surface area contributed by atoms with Crippen molar-refractivity contribution in [3.8, 4) is 0 Å². The van der Waals surface area contributed by atoms with Gasteiger partial charge in [0, 0.05) is 25.8 Å². The number of halogens is 1. The molecule has 0 saturated carbocycles. The summed E-state index contributed by atoms with van der Waals surface area (Å²) < 4.78 is 37.6. The van der Waals surface area contributed by atoms with Gasteiger partial charge in [0.15, 0.2) is 5.82 Å². The van der Waals surface area contributed by atoms with Crippen molar-refractivity contribution in [3.63, 3.8) is 0 Å². The molecule has 0 unspecified atom stereocenters. The molecule has 0 aliphatic carbocycles. The predicted molar refractivity (Wildman–Crippen MR) is 66.5 cm³/mol. The second-order valence-corrected chi connectivity index (χ2v) is 6.27. The van der Waals surface area contributed by atoms with Crippen LogP contribution in [0.15, 0.2) is 18.5 Å². The zero-order chi connectivity index (χ0) is 13.9. The largest absolute Gasteiger partial charge is 0.351 e. The van der Waals surface area contributed by atoms with Gasteiger partial charge in [-0.1, -0.05) is 0 Å². The molecule has 104 valence electrons. The van der Waals surface area contributed by atoms with Crippen molar-refractivity contribution in [1.29, 1.82) is 0 Å². The molecule has 2 rings (SSSR count). The standard InChI is InChI=1S/C11H14FN3O3S/c12-10-8-13-3-2-9(10)11(16)14-4-6-15-5-1-7-19(15,17)18/h2-3,8H,1,4-7H2,(H,14,16). The fraction of sp³-hybridized carbons (Fsp3) is 0.455. The Bertz CT molecular complexity index is 576. The zero-order valence-electron chi connectivity index (χ0n) is 10.2. The van der Waals surface area contributed by atoms with Gasteiger partial charge in [0.1, 0.15) is 0 Å². The van der Waals surface area contributed by atoms with E-state index in [-0.39, 0.29) is 24.4 Å². The van der Waals surface area contributed by atoms with Crippen LogP contribution in [0.3, 0.4) is 0 Å². The minimum atomic E-state index is -3.16. The fourth-order valence-corrected chi connectivity index (χ4v) is 3.42. The first-order chi connectivity index (χ1) is 9.00. The van der Waals surface area contributed by atoms with E-state index in [1.54, 1.807) is 0 Å². The number of amides is 1. The molecule has 1 fully saturated rings. The van der Waals surface area contributed by atoms with Gasteiger partial charge in [-0.15, -0.1) is 0 Å². The van der Waals surface area contributed by atoms with E-state index in [4.69, 9.17) is 0 Å². The maximum Gasteiger partial charge on any atom is 0.254 e. The molecule has 0 aromatic carbocycles. The smallest absolute Gasteiger partial charge is 0.254 e. The molecule has 1 aliphatic rings.